The molecule has 0 radical (unpaired) electrons. The number of fused-ring (bicyclic) bond motifs is 4. The molecule has 4 nitrogen and oxygen atoms in total. The van der Waals surface area contributed by atoms with E-state index in [1.165, 1.54) is 12.7 Å². The van der Waals surface area contributed by atoms with Crippen molar-refractivity contribution in [1.82, 2.24) is 0 Å². The lowest BCUT2D eigenvalue weighted by molar-refractivity contribution is -0.153. The Kier molecular flexibility index (Phi) is 2.78. The second kappa shape index (κ2) is 4.23. The van der Waals surface area contributed by atoms with Crippen LogP contribution in [0.15, 0.2) is 18.2 Å². The van der Waals surface area contributed by atoms with Crippen LogP contribution in [0.2, 0.25) is 0 Å². The molecule has 0 aromatic heterocycles. The number of carbonyl (C=O) groups is 1. The third-order valence-electron chi connectivity index (χ3n) is 4.36. The summed E-state index contributed by atoms with van der Waals surface area (Å²) in [6.07, 6.45) is 1.64. The lowest BCUT2D eigenvalue weighted by Gasteiger charge is -2.35. The molecule has 0 saturated carbocycles. The van der Waals surface area contributed by atoms with Crippen LogP contribution in [0.4, 0.5) is 0 Å². The molecule has 0 amide bonds. The molecule has 3 atom stereocenters. The Bertz CT molecular complexity index is 525. The molecule has 102 valence electrons. The SMILES string of the molecule is COC(=O)[C@@H]1C[C@@H]2Cc3cc(OC)ccc3[C@@]1(C)O2. The zero-order valence-corrected chi connectivity index (χ0v) is 11.4. The van der Waals surface area contributed by atoms with E-state index in [1.54, 1.807) is 7.11 Å². The molecular weight excluding hydrogens is 244 g/mol. The minimum Gasteiger partial charge on any atom is -0.497 e. The van der Waals surface area contributed by atoms with Crippen LogP contribution in [0.3, 0.4) is 0 Å². The molecule has 1 saturated heterocycles. The Labute approximate surface area is 112 Å². The standard InChI is InChI=1S/C15H18O4/c1-15-12-5-4-10(17-2)6-9(12)7-11(19-15)8-13(15)14(16)18-3/h4-6,11,13H,7-8H2,1-3H3/t11-,13-,15+/m0/s1. The normalized spacial score (nSPS) is 31.7. The van der Waals surface area contributed by atoms with Gasteiger partial charge in [-0.2, -0.15) is 0 Å². The molecule has 3 rings (SSSR count). The molecule has 0 N–H and O–H groups in total. The highest BCUT2D eigenvalue weighted by Crippen LogP contribution is 2.50. The molecule has 2 heterocycles. The first kappa shape index (κ1) is 12.5. The molecule has 2 bridgehead atoms. The summed E-state index contributed by atoms with van der Waals surface area (Å²) in [6.45, 7) is 1.99. The zero-order chi connectivity index (χ0) is 13.6. The average Bonchev–Trinajstić information content (AvgIpc) is 2.70. The van der Waals surface area contributed by atoms with Crippen LogP contribution in [0.1, 0.15) is 24.5 Å². The molecule has 2 aliphatic heterocycles. The van der Waals surface area contributed by atoms with Gasteiger partial charge < -0.3 is 14.2 Å². The van der Waals surface area contributed by atoms with Crippen molar-refractivity contribution in [3.8, 4) is 5.75 Å². The molecule has 1 aromatic rings. The van der Waals surface area contributed by atoms with Crippen LogP contribution in [-0.4, -0.2) is 26.3 Å². The summed E-state index contributed by atoms with van der Waals surface area (Å²) in [4.78, 5) is 12.0. The van der Waals surface area contributed by atoms with E-state index < -0.39 is 5.60 Å². The summed E-state index contributed by atoms with van der Waals surface area (Å²) in [7, 11) is 3.09. The molecule has 1 fully saturated rings. The molecule has 0 unspecified atom stereocenters. The Morgan fingerprint density at radius 3 is 2.89 bits per heavy atom. The number of benzene rings is 1. The van der Waals surface area contributed by atoms with Gasteiger partial charge in [-0.15, -0.1) is 0 Å². The van der Waals surface area contributed by atoms with Crippen molar-refractivity contribution in [3.05, 3.63) is 29.3 Å². The van der Waals surface area contributed by atoms with Crippen molar-refractivity contribution in [1.29, 1.82) is 0 Å². The van der Waals surface area contributed by atoms with Crippen LogP contribution in [0.25, 0.3) is 0 Å². The maximum absolute atomic E-state index is 12.0. The van der Waals surface area contributed by atoms with Gasteiger partial charge in [0.15, 0.2) is 0 Å². The van der Waals surface area contributed by atoms with Gasteiger partial charge >= 0.3 is 5.97 Å². The fraction of sp³-hybridized carbons (Fsp3) is 0.533. The zero-order valence-electron chi connectivity index (χ0n) is 11.4. The Morgan fingerprint density at radius 2 is 2.21 bits per heavy atom. The Hall–Kier alpha value is -1.55. The lowest BCUT2D eigenvalue weighted by Crippen LogP contribution is -2.37. The van der Waals surface area contributed by atoms with Gasteiger partial charge in [-0.25, -0.2) is 0 Å². The second-order valence-corrected chi connectivity index (χ2v) is 5.39. The number of ether oxygens (including phenoxy) is 3. The minimum atomic E-state index is -0.572. The van der Waals surface area contributed by atoms with E-state index >= 15 is 0 Å². The first-order chi connectivity index (χ1) is 9.08. The van der Waals surface area contributed by atoms with Crippen molar-refractivity contribution in [2.75, 3.05) is 14.2 Å². The van der Waals surface area contributed by atoms with E-state index in [1.807, 2.05) is 25.1 Å². The van der Waals surface area contributed by atoms with Gasteiger partial charge in [0.1, 0.15) is 11.4 Å². The maximum Gasteiger partial charge on any atom is 0.312 e. The highest BCUT2D eigenvalue weighted by molar-refractivity contribution is 5.75. The van der Waals surface area contributed by atoms with Crippen molar-refractivity contribution in [2.45, 2.75) is 31.5 Å². The van der Waals surface area contributed by atoms with E-state index in [9.17, 15) is 4.79 Å². The van der Waals surface area contributed by atoms with Gasteiger partial charge in [0, 0.05) is 0 Å². The molecule has 0 spiro atoms. The molecule has 19 heavy (non-hydrogen) atoms. The minimum absolute atomic E-state index is 0.0914. The molecule has 1 aromatic carbocycles. The van der Waals surface area contributed by atoms with E-state index in [4.69, 9.17) is 14.2 Å². The van der Waals surface area contributed by atoms with Gasteiger partial charge in [-0.3, -0.25) is 4.79 Å². The second-order valence-electron chi connectivity index (χ2n) is 5.39. The van der Waals surface area contributed by atoms with Gasteiger partial charge in [-0.05, 0) is 43.0 Å². The number of carbonyl (C=O) groups excluding carboxylic acids is 1. The first-order valence-electron chi connectivity index (χ1n) is 6.51. The van der Waals surface area contributed by atoms with Gasteiger partial charge in [0.2, 0.25) is 0 Å². The van der Waals surface area contributed by atoms with Gasteiger partial charge in [0.25, 0.3) is 0 Å². The van der Waals surface area contributed by atoms with Crippen molar-refractivity contribution >= 4 is 5.97 Å². The van der Waals surface area contributed by atoms with E-state index in [0.717, 1.165) is 24.2 Å². The van der Waals surface area contributed by atoms with Crippen LogP contribution in [-0.2, 0) is 26.3 Å². The Balaban J connectivity index is 2.06. The number of methoxy groups -OCH3 is 2. The van der Waals surface area contributed by atoms with Gasteiger partial charge in [-0.1, -0.05) is 6.07 Å². The van der Waals surface area contributed by atoms with Crippen LogP contribution in [0.5, 0.6) is 5.75 Å². The van der Waals surface area contributed by atoms with Crippen LogP contribution >= 0.6 is 0 Å². The van der Waals surface area contributed by atoms with Crippen LogP contribution in [0, 0.1) is 5.92 Å². The smallest absolute Gasteiger partial charge is 0.312 e. The van der Waals surface area contributed by atoms with Crippen molar-refractivity contribution < 1.29 is 19.0 Å². The van der Waals surface area contributed by atoms with Crippen molar-refractivity contribution in [2.24, 2.45) is 5.92 Å². The van der Waals surface area contributed by atoms with Crippen LogP contribution < -0.4 is 4.74 Å². The summed E-state index contributed by atoms with van der Waals surface area (Å²) in [6, 6.07) is 5.97. The first-order valence-corrected chi connectivity index (χ1v) is 6.51. The summed E-state index contributed by atoms with van der Waals surface area (Å²) < 4.78 is 16.3. The molecule has 0 aliphatic carbocycles. The summed E-state index contributed by atoms with van der Waals surface area (Å²) >= 11 is 0. The fourth-order valence-corrected chi connectivity index (χ4v) is 3.40. The van der Waals surface area contributed by atoms with Gasteiger partial charge in [0.05, 0.1) is 26.2 Å². The fourth-order valence-electron chi connectivity index (χ4n) is 3.40. The van der Waals surface area contributed by atoms with E-state index in [2.05, 4.69) is 0 Å². The van der Waals surface area contributed by atoms with Crippen molar-refractivity contribution in [3.63, 3.8) is 0 Å². The van der Waals surface area contributed by atoms with E-state index in [-0.39, 0.29) is 18.0 Å². The molecular formula is C15H18O4. The predicted molar refractivity (Wildman–Crippen MR) is 69.0 cm³/mol. The highest BCUT2D eigenvalue weighted by Gasteiger charge is 2.54. The molecule has 4 heteroatoms. The Morgan fingerprint density at radius 1 is 1.42 bits per heavy atom. The topological polar surface area (TPSA) is 44.8 Å². The maximum atomic E-state index is 12.0. The highest BCUT2D eigenvalue weighted by atomic mass is 16.5. The quantitative estimate of drug-likeness (QED) is 0.765. The molecule has 2 aliphatic rings. The predicted octanol–water partition coefficient (Wildman–Crippen LogP) is 2.04. The summed E-state index contributed by atoms with van der Waals surface area (Å²) in [5, 5.41) is 0. The number of hydrogen-bond acceptors (Lipinski definition) is 4. The largest absolute Gasteiger partial charge is 0.497 e. The number of rotatable bonds is 2. The average molecular weight is 262 g/mol. The third kappa shape index (κ3) is 1.74. The number of esters is 1. The monoisotopic (exact) mass is 262 g/mol. The third-order valence-corrected chi connectivity index (χ3v) is 4.36. The lowest BCUT2D eigenvalue weighted by atomic mass is 9.82. The summed E-state index contributed by atoms with van der Waals surface area (Å²) in [5.41, 5.74) is 1.72. The van der Waals surface area contributed by atoms with E-state index in [0.29, 0.717) is 0 Å². The summed E-state index contributed by atoms with van der Waals surface area (Å²) in [5.74, 6) is 0.434. The number of hydrogen-bond donors (Lipinski definition) is 0.